The van der Waals surface area contributed by atoms with Gasteiger partial charge in [-0.1, -0.05) is 26.5 Å². The van der Waals surface area contributed by atoms with Gasteiger partial charge in [0.25, 0.3) is 0 Å². The van der Waals surface area contributed by atoms with E-state index in [1.807, 2.05) is 12.1 Å². The number of fused-ring (bicyclic) bond motifs is 1. The van der Waals surface area contributed by atoms with Crippen molar-refractivity contribution < 1.29 is 9.47 Å². The summed E-state index contributed by atoms with van der Waals surface area (Å²) in [6, 6.07) is 6.48. The smallest absolute Gasteiger partial charge is 0.128 e. The molecule has 1 unspecified atom stereocenters. The number of rotatable bonds is 6. The van der Waals surface area contributed by atoms with Crippen molar-refractivity contribution in [2.24, 2.45) is 0 Å². The third-order valence-corrected chi connectivity index (χ3v) is 3.84. The average Bonchev–Trinajstić information content (AvgIpc) is 2.43. The third-order valence-electron chi connectivity index (χ3n) is 3.84. The van der Waals surface area contributed by atoms with Gasteiger partial charge in [-0.3, -0.25) is 0 Å². The minimum absolute atomic E-state index is 0.161. The Morgan fingerprint density at radius 1 is 1.43 bits per heavy atom. The fraction of sp³-hybridized carbons (Fsp3) is 0.556. The number of nitrogens with one attached hydrogen (secondary N) is 1. The van der Waals surface area contributed by atoms with Gasteiger partial charge in [0.1, 0.15) is 23.7 Å². The fourth-order valence-corrected chi connectivity index (χ4v) is 2.64. The molecule has 1 aliphatic heterocycles. The summed E-state index contributed by atoms with van der Waals surface area (Å²) in [6.45, 7) is 14.0. The zero-order chi connectivity index (χ0) is 15.5. The Labute approximate surface area is 128 Å². The monoisotopic (exact) mass is 289 g/mol. The second kappa shape index (κ2) is 6.52. The van der Waals surface area contributed by atoms with E-state index < -0.39 is 0 Å². The first kappa shape index (κ1) is 15.9. The highest BCUT2D eigenvalue weighted by atomic mass is 16.5. The van der Waals surface area contributed by atoms with Crippen molar-refractivity contribution in [2.45, 2.75) is 52.2 Å². The second-order valence-electron chi connectivity index (χ2n) is 6.27. The first-order valence-electron chi connectivity index (χ1n) is 7.81. The third kappa shape index (κ3) is 4.01. The molecule has 116 valence electrons. The molecule has 21 heavy (non-hydrogen) atoms. The summed E-state index contributed by atoms with van der Waals surface area (Å²) >= 11 is 0. The highest BCUT2D eigenvalue weighted by Gasteiger charge is 2.33. The van der Waals surface area contributed by atoms with Gasteiger partial charge in [0.2, 0.25) is 0 Å². The molecule has 1 aliphatic rings. The molecule has 0 amide bonds. The van der Waals surface area contributed by atoms with Crippen LogP contribution in [-0.4, -0.2) is 18.8 Å². The molecule has 3 heteroatoms. The number of benzene rings is 1. The Morgan fingerprint density at radius 3 is 2.86 bits per heavy atom. The molecule has 0 aliphatic carbocycles. The summed E-state index contributed by atoms with van der Waals surface area (Å²) in [6.07, 6.45) is 1.91. The van der Waals surface area contributed by atoms with Crippen molar-refractivity contribution in [3.63, 3.8) is 0 Å². The van der Waals surface area contributed by atoms with Crippen LogP contribution in [0.5, 0.6) is 11.5 Å². The predicted molar refractivity (Wildman–Crippen MR) is 87.1 cm³/mol. The normalized spacial score (nSPS) is 19.5. The summed E-state index contributed by atoms with van der Waals surface area (Å²) in [4.78, 5) is 0. The van der Waals surface area contributed by atoms with Gasteiger partial charge in [-0.05, 0) is 38.5 Å². The van der Waals surface area contributed by atoms with Crippen LogP contribution < -0.4 is 14.8 Å². The van der Waals surface area contributed by atoms with E-state index in [1.165, 1.54) is 5.56 Å². The molecule has 2 rings (SSSR count). The number of ether oxygens (including phenoxy) is 2. The quantitative estimate of drug-likeness (QED) is 0.794. The molecule has 0 spiro atoms. The minimum Gasteiger partial charge on any atom is -0.489 e. The van der Waals surface area contributed by atoms with Crippen LogP contribution in [0.15, 0.2) is 30.4 Å². The Morgan fingerprint density at radius 2 is 2.19 bits per heavy atom. The van der Waals surface area contributed by atoms with E-state index in [2.05, 4.69) is 45.7 Å². The van der Waals surface area contributed by atoms with Gasteiger partial charge in [0.05, 0.1) is 0 Å². The van der Waals surface area contributed by atoms with E-state index in [4.69, 9.17) is 9.47 Å². The van der Waals surface area contributed by atoms with Gasteiger partial charge in [-0.25, -0.2) is 0 Å². The lowest BCUT2D eigenvalue weighted by molar-refractivity contribution is 0.0660. The highest BCUT2D eigenvalue weighted by molar-refractivity contribution is 5.44. The van der Waals surface area contributed by atoms with Crippen LogP contribution in [0.3, 0.4) is 0 Å². The van der Waals surface area contributed by atoms with Crippen LogP contribution in [0.25, 0.3) is 0 Å². The first-order valence-corrected chi connectivity index (χ1v) is 7.81. The second-order valence-corrected chi connectivity index (χ2v) is 6.27. The molecule has 1 atom stereocenters. The molecule has 0 aromatic heterocycles. The van der Waals surface area contributed by atoms with Crippen LogP contribution in [0.2, 0.25) is 0 Å². The van der Waals surface area contributed by atoms with Crippen molar-refractivity contribution in [3.8, 4) is 11.5 Å². The van der Waals surface area contributed by atoms with Gasteiger partial charge < -0.3 is 14.8 Å². The highest BCUT2D eigenvalue weighted by Crippen LogP contribution is 2.41. The van der Waals surface area contributed by atoms with Crippen molar-refractivity contribution in [2.75, 3.05) is 13.2 Å². The van der Waals surface area contributed by atoms with Gasteiger partial charge in [-0.2, -0.15) is 0 Å². The van der Waals surface area contributed by atoms with Crippen LogP contribution in [0.1, 0.15) is 52.1 Å². The lowest BCUT2D eigenvalue weighted by Crippen LogP contribution is -2.39. The molecular formula is C18H27NO2. The van der Waals surface area contributed by atoms with Crippen LogP contribution in [0.4, 0.5) is 0 Å². The predicted octanol–water partition coefficient (Wildman–Crippen LogP) is 4.24. The summed E-state index contributed by atoms with van der Waals surface area (Å²) < 4.78 is 11.9. The molecule has 1 aromatic rings. The average molecular weight is 289 g/mol. The van der Waals surface area contributed by atoms with E-state index >= 15 is 0 Å². The van der Waals surface area contributed by atoms with Crippen LogP contribution in [-0.2, 0) is 0 Å². The number of hydrogen-bond donors (Lipinski definition) is 1. The van der Waals surface area contributed by atoms with E-state index in [1.54, 1.807) is 0 Å². The van der Waals surface area contributed by atoms with Crippen molar-refractivity contribution in [1.29, 1.82) is 0 Å². The Balaban J connectivity index is 2.19. The van der Waals surface area contributed by atoms with Gasteiger partial charge in [-0.15, -0.1) is 0 Å². The molecule has 1 heterocycles. The summed E-state index contributed by atoms with van der Waals surface area (Å²) in [5.74, 6) is 1.77. The molecular weight excluding hydrogens is 262 g/mol. The van der Waals surface area contributed by atoms with Crippen molar-refractivity contribution in [3.05, 3.63) is 35.9 Å². The van der Waals surface area contributed by atoms with E-state index in [0.29, 0.717) is 12.6 Å². The lowest BCUT2D eigenvalue weighted by atomic mass is 9.89. The van der Waals surface area contributed by atoms with Crippen molar-refractivity contribution in [1.82, 2.24) is 5.32 Å². The van der Waals surface area contributed by atoms with E-state index in [0.717, 1.165) is 36.5 Å². The van der Waals surface area contributed by atoms with Gasteiger partial charge in [0, 0.05) is 24.1 Å². The van der Waals surface area contributed by atoms with E-state index in [9.17, 15) is 0 Å². The van der Waals surface area contributed by atoms with Crippen LogP contribution in [0, 0.1) is 0 Å². The first-order chi connectivity index (χ1) is 9.95. The van der Waals surface area contributed by atoms with Crippen molar-refractivity contribution >= 4 is 0 Å². The van der Waals surface area contributed by atoms with Crippen LogP contribution >= 0.6 is 0 Å². The SMILES string of the molecule is C=C(CC)COc1ccc2c(c1)OC(C)(C)CC2NCC. The Hall–Kier alpha value is -1.48. The topological polar surface area (TPSA) is 30.5 Å². The maximum Gasteiger partial charge on any atom is 0.128 e. The summed E-state index contributed by atoms with van der Waals surface area (Å²) in [5, 5.41) is 3.54. The molecule has 0 fully saturated rings. The van der Waals surface area contributed by atoms with Gasteiger partial charge >= 0.3 is 0 Å². The standard InChI is InChI=1S/C18H27NO2/c1-6-13(3)12-20-14-8-9-15-16(19-7-2)11-18(4,5)21-17(15)10-14/h8-10,16,19H,3,6-7,11-12H2,1-2,4-5H3. The lowest BCUT2D eigenvalue weighted by Gasteiger charge is -2.38. The zero-order valence-corrected chi connectivity index (χ0v) is 13.7. The van der Waals surface area contributed by atoms with E-state index in [-0.39, 0.29) is 5.60 Å². The molecule has 0 bridgehead atoms. The largest absolute Gasteiger partial charge is 0.489 e. The maximum atomic E-state index is 6.13. The fourth-order valence-electron chi connectivity index (χ4n) is 2.64. The summed E-state index contributed by atoms with van der Waals surface area (Å²) in [5.41, 5.74) is 2.16. The maximum absolute atomic E-state index is 6.13. The Bertz CT molecular complexity index is 508. The summed E-state index contributed by atoms with van der Waals surface area (Å²) in [7, 11) is 0. The molecule has 0 saturated heterocycles. The molecule has 1 aromatic carbocycles. The molecule has 1 N–H and O–H groups in total. The molecule has 0 saturated carbocycles. The molecule has 3 nitrogen and oxygen atoms in total. The number of hydrogen-bond acceptors (Lipinski definition) is 3. The molecule has 0 radical (unpaired) electrons. The zero-order valence-electron chi connectivity index (χ0n) is 13.7. The van der Waals surface area contributed by atoms with Gasteiger partial charge in [0.15, 0.2) is 0 Å². The minimum atomic E-state index is -0.161. The Kier molecular flexibility index (Phi) is 4.94.